The Morgan fingerprint density at radius 3 is 2.83 bits per heavy atom. The van der Waals surface area contributed by atoms with Gasteiger partial charge in [-0.1, -0.05) is 32.4 Å². The maximum absolute atomic E-state index is 12.1. The molecule has 0 aromatic heterocycles. The predicted molar refractivity (Wildman–Crippen MR) is 71.7 cm³/mol. The molecule has 0 saturated heterocycles. The Bertz CT molecular complexity index is 448. The van der Waals surface area contributed by atoms with Gasteiger partial charge in [0.25, 0.3) is 0 Å². The van der Waals surface area contributed by atoms with Crippen molar-refractivity contribution in [1.82, 2.24) is 4.90 Å². The van der Waals surface area contributed by atoms with E-state index < -0.39 is 0 Å². The van der Waals surface area contributed by atoms with Gasteiger partial charge in [0, 0.05) is 19.5 Å². The Balaban J connectivity index is 2.66. The van der Waals surface area contributed by atoms with Crippen LogP contribution in [0.15, 0.2) is 24.3 Å². The fraction of sp³-hybridized carbons (Fsp3) is 0.467. The molecule has 96 valence electrons. The fourth-order valence-electron chi connectivity index (χ4n) is 2.02. The molecule has 1 unspecified atom stereocenters. The highest BCUT2D eigenvalue weighted by molar-refractivity contribution is 5.78. The van der Waals surface area contributed by atoms with Crippen LogP contribution < -0.4 is 0 Å². The molecule has 0 spiro atoms. The molecule has 0 fully saturated rings. The van der Waals surface area contributed by atoms with Gasteiger partial charge >= 0.3 is 0 Å². The summed E-state index contributed by atoms with van der Waals surface area (Å²) in [5, 5.41) is 8.83. The van der Waals surface area contributed by atoms with Gasteiger partial charge in [-0.15, -0.1) is 0 Å². The van der Waals surface area contributed by atoms with Crippen LogP contribution in [0.5, 0.6) is 0 Å². The molecule has 0 aliphatic rings. The van der Waals surface area contributed by atoms with Crippen molar-refractivity contribution in [2.45, 2.75) is 33.2 Å². The molecular weight excluding hydrogens is 224 g/mol. The molecule has 0 bridgehead atoms. The number of carbonyl (C=O) groups is 1. The average molecular weight is 244 g/mol. The van der Waals surface area contributed by atoms with Crippen molar-refractivity contribution >= 4 is 5.91 Å². The van der Waals surface area contributed by atoms with Crippen molar-refractivity contribution in [3.8, 4) is 6.07 Å². The van der Waals surface area contributed by atoms with Gasteiger partial charge in [-0.3, -0.25) is 4.79 Å². The van der Waals surface area contributed by atoms with E-state index in [4.69, 9.17) is 5.26 Å². The Morgan fingerprint density at radius 1 is 1.50 bits per heavy atom. The summed E-state index contributed by atoms with van der Waals surface area (Å²) in [4.78, 5) is 13.8. The minimum atomic E-state index is 0.0687. The Labute approximate surface area is 109 Å². The third-order valence-electron chi connectivity index (χ3n) is 3.00. The zero-order chi connectivity index (χ0) is 13.5. The van der Waals surface area contributed by atoms with Crippen LogP contribution in [0.25, 0.3) is 0 Å². The van der Waals surface area contributed by atoms with Gasteiger partial charge in [0.2, 0.25) is 5.91 Å². The molecule has 1 aromatic rings. The number of rotatable bonds is 5. The van der Waals surface area contributed by atoms with Crippen molar-refractivity contribution in [2.75, 3.05) is 7.05 Å². The van der Waals surface area contributed by atoms with Crippen LogP contribution in [0.2, 0.25) is 0 Å². The van der Waals surface area contributed by atoms with Gasteiger partial charge in [0.1, 0.15) is 0 Å². The molecule has 0 aliphatic heterocycles. The fourth-order valence-corrected chi connectivity index (χ4v) is 2.02. The summed E-state index contributed by atoms with van der Waals surface area (Å²) in [5.74, 6) is 0.235. The van der Waals surface area contributed by atoms with E-state index in [9.17, 15) is 4.79 Å². The first-order valence-electron chi connectivity index (χ1n) is 6.32. The zero-order valence-electron chi connectivity index (χ0n) is 11.3. The molecular formula is C15H20N2O. The molecule has 1 aromatic carbocycles. The number of nitriles is 1. The topological polar surface area (TPSA) is 44.1 Å². The van der Waals surface area contributed by atoms with Crippen LogP contribution in [0.1, 0.15) is 37.8 Å². The highest BCUT2D eigenvalue weighted by Crippen LogP contribution is 2.12. The number of hydrogen-bond acceptors (Lipinski definition) is 2. The van der Waals surface area contributed by atoms with Crippen LogP contribution in [0.4, 0.5) is 0 Å². The number of amides is 1. The van der Waals surface area contributed by atoms with Gasteiger partial charge in [-0.25, -0.2) is 0 Å². The van der Waals surface area contributed by atoms with E-state index in [2.05, 4.69) is 13.0 Å². The average Bonchev–Trinajstić information content (AvgIpc) is 2.38. The third kappa shape index (κ3) is 3.89. The summed E-state index contributed by atoms with van der Waals surface area (Å²) < 4.78 is 0. The highest BCUT2D eigenvalue weighted by atomic mass is 16.2. The molecule has 18 heavy (non-hydrogen) atoms. The summed E-state index contributed by atoms with van der Waals surface area (Å²) in [6.45, 7) is 4.61. The second-order valence-corrected chi connectivity index (χ2v) is 4.70. The Kier molecular flexibility index (Phi) is 5.38. The molecule has 1 rings (SSSR count). The number of hydrogen-bond donors (Lipinski definition) is 0. The van der Waals surface area contributed by atoms with Crippen LogP contribution in [-0.2, 0) is 11.3 Å². The molecule has 0 heterocycles. The van der Waals surface area contributed by atoms with Crippen molar-refractivity contribution in [3.05, 3.63) is 35.4 Å². The smallest absolute Gasteiger partial charge is 0.225 e. The van der Waals surface area contributed by atoms with E-state index in [0.717, 1.165) is 18.4 Å². The lowest BCUT2D eigenvalue weighted by Gasteiger charge is -2.21. The van der Waals surface area contributed by atoms with Crippen LogP contribution >= 0.6 is 0 Å². The molecule has 0 radical (unpaired) electrons. The summed E-state index contributed by atoms with van der Waals surface area (Å²) in [5.41, 5.74) is 1.63. The molecule has 3 heteroatoms. The number of nitrogens with zero attached hydrogens (tertiary/aromatic N) is 2. The van der Waals surface area contributed by atoms with Gasteiger partial charge in [-0.05, 0) is 24.1 Å². The van der Waals surface area contributed by atoms with Crippen molar-refractivity contribution in [2.24, 2.45) is 5.92 Å². The summed E-state index contributed by atoms with van der Waals surface area (Å²) in [6.07, 6.45) is 1.94. The molecule has 0 saturated carbocycles. The highest BCUT2D eigenvalue weighted by Gasteiger charge is 2.16. The normalized spacial score (nSPS) is 11.7. The molecule has 1 atom stereocenters. The van der Waals surface area contributed by atoms with Crippen LogP contribution in [-0.4, -0.2) is 17.9 Å². The standard InChI is InChI=1S/C15H20N2O/c1-4-6-12(2)15(18)17(3)11-14-8-5-7-13(9-14)10-16/h5,7-9,12H,4,6,11H2,1-3H3. The Hall–Kier alpha value is -1.82. The molecule has 0 N–H and O–H groups in total. The van der Waals surface area contributed by atoms with Crippen molar-refractivity contribution in [1.29, 1.82) is 5.26 Å². The molecule has 0 aliphatic carbocycles. The van der Waals surface area contributed by atoms with E-state index in [1.807, 2.05) is 32.2 Å². The van der Waals surface area contributed by atoms with E-state index >= 15 is 0 Å². The Morgan fingerprint density at radius 2 is 2.22 bits per heavy atom. The minimum Gasteiger partial charge on any atom is -0.341 e. The third-order valence-corrected chi connectivity index (χ3v) is 3.00. The van der Waals surface area contributed by atoms with E-state index in [1.54, 1.807) is 11.0 Å². The molecule has 3 nitrogen and oxygen atoms in total. The molecule has 1 amide bonds. The summed E-state index contributed by atoms with van der Waals surface area (Å²) in [7, 11) is 1.81. The minimum absolute atomic E-state index is 0.0687. The van der Waals surface area contributed by atoms with Crippen LogP contribution in [0, 0.1) is 17.2 Å². The van der Waals surface area contributed by atoms with E-state index in [1.165, 1.54) is 0 Å². The van der Waals surface area contributed by atoms with Gasteiger partial charge < -0.3 is 4.90 Å². The maximum Gasteiger partial charge on any atom is 0.225 e. The van der Waals surface area contributed by atoms with Crippen LogP contribution in [0.3, 0.4) is 0 Å². The van der Waals surface area contributed by atoms with Gasteiger partial charge in [0.15, 0.2) is 0 Å². The van der Waals surface area contributed by atoms with Crippen molar-refractivity contribution in [3.63, 3.8) is 0 Å². The van der Waals surface area contributed by atoms with E-state index in [-0.39, 0.29) is 11.8 Å². The first kappa shape index (κ1) is 14.2. The second kappa shape index (κ2) is 6.80. The van der Waals surface area contributed by atoms with E-state index in [0.29, 0.717) is 12.1 Å². The lowest BCUT2D eigenvalue weighted by Crippen LogP contribution is -2.31. The first-order chi connectivity index (χ1) is 8.58. The SMILES string of the molecule is CCCC(C)C(=O)N(C)Cc1cccc(C#N)c1. The first-order valence-corrected chi connectivity index (χ1v) is 6.32. The summed E-state index contributed by atoms with van der Waals surface area (Å²) >= 11 is 0. The van der Waals surface area contributed by atoms with Gasteiger partial charge in [0.05, 0.1) is 11.6 Å². The lowest BCUT2D eigenvalue weighted by molar-refractivity contribution is -0.134. The van der Waals surface area contributed by atoms with Gasteiger partial charge in [-0.2, -0.15) is 5.26 Å². The zero-order valence-corrected chi connectivity index (χ0v) is 11.3. The maximum atomic E-state index is 12.1. The van der Waals surface area contributed by atoms with Crippen molar-refractivity contribution < 1.29 is 4.79 Å². The largest absolute Gasteiger partial charge is 0.341 e. The lowest BCUT2D eigenvalue weighted by atomic mass is 10.0. The number of carbonyl (C=O) groups excluding carboxylic acids is 1. The quantitative estimate of drug-likeness (QED) is 0.799. The predicted octanol–water partition coefficient (Wildman–Crippen LogP) is 2.95. The summed E-state index contributed by atoms with van der Waals surface area (Å²) in [6, 6.07) is 9.49. The monoisotopic (exact) mass is 244 g/mol. The second-order valence-electron chi connectivity index (χ2n) is 4.70. The number of benzene rings is 1.